The predicted molar refractivity (Wildman–Crippen MR) is 80.0 cm³/mol. The maximum Gasteiger partial charge on any atom is 0.118 e. The Hall–Kier alpha value is -1.90. The lowest BCUT2D eigenvalue weighted by Crippen LogP contribution is -2.26. The van der Waals surface area contributed by atoms with Crippen LogP contribution in [0.4, 0.5) is 0 Å². The SMILES string of the molecule is CC1=C(c2ccccc2)[C@@](O)(c2ccccc2)C[C@H]1O. The fraction of sp³-hybridized carbons (Fsp3) is 0.222. The standard InChI is InChI=1S/C18H18O2/c1-13-16(19)12-18(20,15-10-6-3-7-11-15)17(13)14-8-4-2-5-9-14/h2-11,16,19-20H,12H2,1H3/t16-,18+/m1/s1. The molecule has 0 aromatic heterocycles. The van der Waals surface area contributed by atoms with E-state index in [4.69, 9.17) is 0 Å². The van der Waals surface area contributed by atoms with E-state index in [2.05, 4.69) is 0 Å². The van der Waals surface area contributed by atoms with Crippen LogP contribution in [-0.4, -0.2) is 16.3 Å². The highest BCUT2D eigenvalue weighted by molar-refractivity contribution is 5.79. The van der Waals surface area contributed by atoms with Gasteiger partial charge in [-0.25, -0.2) is 0 Å². The third-order valence-corrected chi connectivity index (χ3v) is 4.11. The summed E-state index contributed by atoms with van der Waals surface area (Å²) in [5.41, 5.74) is 2.36. The molecule has 0 unspecified atom stereocenters. The summed E-state index contributed by atoms with van der Waals surface area (Å²) >= 11 is 0. The van der Waals surface area contributed by atoms with Gasteiger partial charge in [-0.05, 0) is 29.2 Å². The van der Waals surface area contributed by atoms with Crippen molar-refractivity contribution in [3.8, 4) is 0 Å². The Labute approximate surface area is 119 Å². The molecule has 20 heavy (non-hydrogen) atoms. The molecular formula is C18H18O2. The van der Waals surface area contributed by atoms with E-state index in [1.54, 1.807) is 0 Å². The van der Waals surface area contributed by atoms with Gasteiger partial charge in [0, 0.05) is 6.42 Å². The maximum absolute atomic E-state index is 11.2. The quantitative estimate of drug-likeness (QED) is 0.876. The van der Waals surface area contributed by atoms with E-state index in [-0.39, 0.29) is 0 Å². The summed E-state index contributed by atoms with van der Waals surface area (Å²) < 4.78 is 0. The Kier molecular flexibility index (Phi) is 3.20. The number of hydrogen-bond donors (Lipinski definition) is 2. The van der Waals surface area contributed by atoms with E-state index in [0.29, 0.717) is 6.42 Å². The van der Waals surface area contributed by atoms with Crippen molar-refractivity contribution in [1.29, 1.82) is 0 Å². The first-order valence-corrected chi connectivity index (χ1v) is 6.85. The topological polar surface area (TPSA) is 40.5 Å². The summed E-state index contributed by atoms with van der Waals surface area (Å²) in [4.78, 5) is 0. The highest BCUT2D eigenvalue weighted by atomic mass is 16.3. The molecule has 102 valence electrons. The lowest BCUT2D eigenvalue weighted by Gasteiger charge is -2.28. The van der Waals surface area contributed by atoms with Crippen LogP contribution in [0.5, 0.6) is 0 Å². The van der Waals surface area contributed by atoms with E-state index < -0.39 is 11.7 Å². The van der Waals surface area contributed by atoms with Gasteiger partial charge in [-0.1, -0.05) is 60.7 Å². The molecule has 0 amide bonds. The molecule has 2 atom stereocenters. The molecule has 0 fully saturated rings. The van der Waals surface area contributed by atoms with Crippen LogP contribution in [0.25, 0.3) is 5.57 Å². The van der Waals surface area contributed by atoms with E-state index in [0.717, 1.165) is 22.3 Å². The van der Waals surface area contributed by atoms with Gasteiger partial charge in [0.2, 0.25) is 0 Å². The fourth-order valence-electron chi connectivity index (χ4n) is 3.08. The molecule has 1 aliphatic rings. The summed E-state index contributed by atoms with van der Waals surface area (Å²) in [6.07, 6.45) is -0.289. The van der Waals surface area contributed by atoms with Crippen LogP contribution in [0.3, 0.4) is 0 Å². The second-order valence-corrected chi connectivity index (χ2v) is 5.37. The van der Waals surface area contributed by atoms with Crippen LogP contribution in [0.15, 0.2) is 66.2 Å². The van der Waals surface area contributed by atoms with Crippen LogP contribution < -0.4 is 0 Å². The molecule has 2 nitrogen and oxygen atoms in total. The zero-order chi connectivity index (χ0) is 14.2. The van der Waals surface area contributed by atoms with E-state index in [9.17, 15) is 10.2 Å². The smallest absolute Gasteiger partial charge is 0.118 e. The Morgan fingerprint density at radius 2 is 1.50 bits per heavy atom. The first kappa shape index (κ1) is 13.1. The van der Waals surface area contributed by atoms with Crippen molar-refractivity contribution in [3.05, 3.63) is 77.4 Å². The minimum Gasteiger partial charge on any atom is -0.389 e. The van der Waals surface area contributed by atoms with Gasteiger partial charge in [-0.3, -0.25) is 0 Å². The van der Waals surface area contributed by atoms with E-state index in [1.807, 2.05) is 67.6 Å². The molecule has 0 radical (unpaired) electrons. The molecule has 0 bridgehead atoms. The van der Waals surface area contributed by atoms with Crippen molar-refractivity contribution in [3.63, 3.8) is 0 Å². The summed E-state index contributed by atoms with van der Waals surface area (Å²) in [5.74, 6) is 0. The summed E-state index contributed by atoms with van der Waals surface area (Å²) in [6.45, 7) is 1.90. The lowest BCUT2D eigenvalue weighted by molar-refractivity contribution is 0.0614. The van der Waals surface area contributed by atoms with Crippen LogP contribution in [0.1, 0.15) is 24.5 Å². The average molecular weight is 266 g/mol. The average Bonchev–Trinajstić information content (AvgIpc) is 2.72. The highest BCUT2D eigenvalue weighted by Crippen LogP contribution is 2.48. The predicted octanol–water partition coefficient (Wildman–Crippen LogP) is 3.11. The van der Waals surface area contributed by atoms with Crippen LogP contribution >= 0.6 is 0 Å². The zero-order valence-corrected chi connectivity index (χ0v) is 11.5. The molecular weight excluding hydrogens is 248 g/mol. The van der Waals surface area contributed by atoms with E-state index in [1.165, 1.54) is 0 Å². The lowest BCUT2D eigenvalue weighted by atomic mass is 9.83. The Morgan fingerprint density at radius 1 is 0.950 bits per heavy atom. The van der Waals surface area contributed by atoms with Crippen molar-refractivity contribution in [2.45, 2.75) is 25.0 Å². The zero-order valence-electron chi connectivity index (χ0n) is 11.5. The molecule has 1 aliphatic carbocycles. The van der Waals surface area contributed by atoms with Gasteiger partial charge in [-0.2, -0.15) is 0 Å². The van der Waals surface area contributed by atoms with Gasteiger partial charge in [0.25, 0.3) is 0 Å². The van der Waals surface area contributed by atoms with Crippen LogP contribution in [0.2, 0.25) is 0 Å². The Balaban J connectivity index is 2.17. The molecule has 0 spiro atoms. The third-order valence-electron chi connectivity index (χ3n) is 4.11. The molecule has 0 aliphatic heterocycles. The first-order chi connectivity index (χ1) is 9.63. The minimum absolute atomic E-state index is 0.313. The highest BCUT2D eigenvalue weighted by Gasteiger charge is 2.44. The van der Waals surface area contributed by atoms with Gasteiger partial charge in [-0.15, -0.1) is 0 Å². The third kappa shape index (κ3) is 1.98. The minimum atomic E-state index is -1.12. The molecule has 2 N–H and O–H groups in total. The number of benzene rings is 2. The molecule has 3 rings (SSSR count). The maximum atomic E-state index is 11.2. The molecule has 0 heterocycles. The van der Waals surface area contributed by atoms with Crippen molar-refractivity contribution in [2.75, 3.05) is 0 Å². The van der Waals surface area contributed by atoms with E-state index >= 15 is 0 Å². The Morgan fingerprint density at radius 3 is 2.10 bits per heavy atom. The number of rotatable bonds is 2. The van der Waals surface area contributed by atoms with Gasteiger partial charge in [0.1, 0.15) is 5.60 Å². The number of aliphatic hydroxyl groups excluding tert-OH is 1. The van der Waals surface area contributed by atoms with Gasteiger partial charge in [0.15, 0.2) is 0 Å². The van der Waals surface area contributed by atoms with Crippen molar-refractivity contribution >= 4 is 5.57 Å². The van der Waals surface area contributed by atoms with Gasteiger partial charge >= 0.3 is 0 Å². The Bertz CT molecular complexity index is 631. The number of aliphatic hydroxyl groups is 2. The molecule has 2 aromatic carbocycles. The normalized spacial score (nSPS) is 26.1. The largest absolute Gasteiger partial charge is 0.389 e. The van der Waals surface area contributed by atoms with Crippen LogP contribution in [0, 0.1) is 0 Å². The molecule has 2 aromatic rings. The second-order valence-electron chi connectivity index (χ2n) is 5.37. The first-order valence-electron chi connectivity index (χ1n) is 6.85. The second kappa shape index (κ2) is 4.89. The van der Waals surface area contributed by atoms with Crippen molar-refractivity contribution < 1.29 is 10.2 Å². The molecule has 0 saturated carbocycles. The summed E-state index contributed by atoms with van der Waals surface area (Å²) in [6, 6.07) is 19.4. The number of hydrogen-bond acceptors (Lipinski definition) is 2. The monoisotopic (exact) mass is 266 g/mol. The summed E-state index contributed by atoms with van der Waals surface area (Å²) in [5, 5.41) is 21.4. The van der Waals surface area contributed by atoms with Crippen molar-refractivity contribution in [1.82, 2.24) is 0 Å². The van der Waals surface area contributed by atoms with Gasteiger partial charge < -0.3 is 10.2 Å². The fourth-order valence-corrected chi connectivity index (χ4v) is 3.08. The molecule has 0 saturated heterocycles. The van der Waals surface area contributed by atoms with Gasteiger partial charge in [0.05, 0.1) is 6.10 Å². The molecule has 2 heteroatoms. The summed E-state index contributed by atoms with van der Waals surface area (Å²) in [7, 11) is 0. The van der Waals surface area contributed by atoms with Crippen molar-refractivity contribution in [2.24, 2.45) is 0 Å². The van der Waals surface area contributed by atoms with Crippen LogP contribution in [-0.2, 0) is 5.60 Å².